The highest BCUT2D eigenvalue weighted by atomic mass is 33.1. The molecule has 0 aliphatic carbocycles. The Bertz CT molecular complexity index is 366. The third kappa shape index (κ3) is 9.59. The van der Waals surface area contributed by atoms with Crippen molar-refractivity contribution in [1.82, 2.24) is 5.32 Å². The summed E-state index contributed by atoms with van der Waals surface area (Å²) in [5, 5.41) is 11.3. The van der Waals surface area contributed by atoms with Crippen LogP contribution in [0.15, 0.2) is 0 Å². The van der Waals surface area contributed by atoms with E-state index in [2.05, 4.69) is 10.1 Å². The molecule has 7 nitrogen and oxygen atoms in total. The number of amides is 1. The van der Waals surface area contributed by atoms with Crippen LogP contribution in [0.3, 0.4) is 0 Å². The molecular formula is C12H22N2O5S2. The van der Waals surface area contributed by atoms with Crippen LogP contribution in [-0.4, -0.2) is 53.7 Å². The number of ether oxygens (including phenoxy) is 1. The molecule has 0 saturated heterocycles. The van der Waals surface area contributed by atoms with Gasteiger partial charge >= 0.3 is 11.9 Å². The van der Waals surface area contributed by atoms with Crippen molar-refractivity contribution in [2.75, 3.05) is 18.6 Å². The monoisotopic (exact) mass is 338 g/mol. The molecule has 0 aromatic carbocycles. The van der Waals surface area contributed by atoms with Crippen molar-refractivity contribution in [3.05, 3.63) is 0 Å². The van der Waals surface area contributed by atoms with Crippen LogP contribution in [0.1, 0.15) is 20.3 Å². The topological polar surface area (TPSA) is 119 Å². The lowest BCUT2D eigenvalue weighted by atomic mass is 10.1. The Kier molecular flexibility index (Phi) is 10.3. The highest BCUT2D eigenvalue weighted by Gasteiger charge is 2.22. The first-order valence-corrected chi connectivity index (χ1v) is 8.86. The van der Waals surface area contributed by atoms with Gasteiger partial charge in [-0.15, -0.1) is 0 Å². The molecule has 1 amide bonds. The van der Waals surface area contributed by atoms with Crippen molar-refractivity contribution in [2.45, 2.75) is 32.4 Å². The smallest absolute Gasteiger partial charge is 0.329 e. The Morgan fingerprint density at radius 1 is 1.24 bits per heavy atom. The molecule has 0 heterocycles. The Morgan fingerprint density at radius 2 is 1.81 bits per heavy atom. The third-order valence-electron chi connectivity index (χ3n) is 2.30. The summed E-state index contributed by atoms with van der Waals surface area (Å²) in [7, 11) is 3.76. The molecule has 4 N–H and O–H groups in total. The number of rotatable bonds is 10. The summed E-state index contributed by atoms with van der Waals surface area (Å²) in [6, 6.07) is -1.70. The van der Waals surface area contributed by atoms with Gasteiger partial charge in [0.05, 0.1) is 7.11 Å². The first kappa shape index (κ1) is 20.1. The molecule has 0 fully saturated rings. The van der Waals surface area contributed by atoms with Crippen LogP contribution in [0, 0.1) is 5.92 Å². The lowest BCUT2D eigenvalue weighted by Crippen LogP contribution is -2.43. The maximum atomic E-state index is 11.7. The zero-order valence-corrected chi connectivity index (χ0v) is 14.0. The molecular weight excluding hydrogens is 316 g/mol. The Labute approximate surface area is 132 Å². The van der Waals surface area contributed by atoms with Crippen molar-refractivity contribution in [3.8, 4) is 0 Å². The van der Waals surface area contributed by atoms with E-state index in [9.17, 15) is 14.4 Å². The molecule has 0 radical (unpaired) electrons. The third-order valence-corrected chi connectivity index (χ3v) is 4.75. The molecule has 0 bridgehead atoms. The van der Waals surface area contributed by atoms with Crippen LogP contribution < -0.4 is 11.1 Å². The predicted molar refractivity (Wildman–Crippen MR) is 83.9 cm³/mol. The molecule has 2 unspecified atom stereocenters. The molecule has 0 aromatic rings. The molecule has 0 spiro atoms. The lowest BCUT2D eigenvalue weighted by Gasteiger charge is -2.16. The summed E-state index contributed by atoms with van der Waals surface area (Å²) in [5.41, 5.74) is 5.36. The minimum Gasteiger partial charge on any atom is -0.480 e. The van der Waals surface area contributed by atoms with Crippen LogP contribution in [0.4, 0.5) is 0 Å². The van der Waals surface area contributed by atoms with E-state index in [1.807, 2.05) is 13.8 Å². The largest absolute Gasteiger partial charge is 0.480 e. The van der Waals surface area contributed by atoms with E-state index in [0.717, 1.165) is 0 Å². The molecule has 21 heavy (non-hydrogen) atoms. The van der Waals surface area contributed by atoms with Crippen LogP contribution >= 0.6 is 21.6 Å². The number of methoxy groups -OCH3 is 1. The van der Waals surface area contributed by atoms with Crippen molar-refractivity contribution in [3.63, 3.8) is 0 Å². The lowest BCUT2D eigenvalue weighted by molar-refractivity contribution is -0.144. The molecule has 0 saturated carbocycles. The second-order valence-corrected chi connectivity index (χ2v) is 7.31. The van der Waals surface area contributed by atoms with Gasteiger partial charge < -0.3 is 20.9 Å². The molecule has 0 aliphatic rings. The average Bonchev–Trinajstić information content (AvgIpc) is 2.39. The summed E-state index contributed by atoms with van der Waals surface area (Å²) in [6.45, 7) is 3.81. The molecule has 122 valence electrons. The molecule has 0 aliphatic heterocycles. The van der Waals surface area contributed by atoms with E-state index in [1.165, 1.54) is 28.7 Å². The van der Waals surface area contributed by atoms with Crippen LogP contribution in [0.25, 0.3) is 0 Å². The van der Waals surface area contributed by atoms with Gasteiger partial charge in [0.25, 0.3) is 0 Å². The fourth-order valence-corrected chi connectivity index (χ4v) is 3.51. The second-order valence-electron chi connectivity index (χ2n) is 4.75. The van der Waals surface area contributed by atoms with Gasteiger partial charge in [0.15, 0.2) is 0 Å². The number of esters is 1. The number of carbonyl (C=O) groups is 3. The summed E-state index contributed by atoms with van der Waals surface area (Å²) >= 11 is 0. The van der Waals surface area contributed by atoms with Gasteiger partial charge in [-0.2, -0.15) is 0 Å². The Hall–Kier alpha value is -0.930. The summed E-state index contributed by atoms with van der Waals surface area (Å²) < 4.78 is 4.64. The first-order chi connectivity index (χ1) is 9.77. The number of carboxylic acids is 1. The van der Waals surface area contributed by atoms with Crippen molar-refractivity contribution >= 4 is 39.4 Å². The van der Waals surface area contributed by atoms with E-state index >= 15 is 0 Å². The van der Waals surface area contributed by atoms with Gasteiger partial charge in [0, 0.05) is 17.9 Å². The maximum absolute atomic E-state index is 11.7. The number of nitrogens with two attached hydrogens (primary N) is 1. The van der Waals surface area contributed by atoms with E-state index in [4.69, 9.17) is 10.8 Å². The number of carbonyl (C=O) groups excluding carboxylic acids is 2. The number of aliphatic carboxylic acids is 1. The Morgan fingerprint density at radius 3 is 2.29 bits per heavy atom. The fraction of sp³-hybridized carbons (Fsp3) is 0.750. The van der Waals surface area contributed by atoms with Gasteiger partial charge in [-0.1, -0.05) is 35.4 Å². The molecule has 0 rings (SSSR count). The minimum atomic E-state index is -1.07. The average molecular weight is 338 g/mol. The molecule has 2 atom stereocenters. The summed E-state index contributed by atoms with van der Waals surface area (Å²) in [6.07, 6.45) is 0.329. The normalized spacial score (nSPS) is 13.6. The number of carboxylic acid groups (broad SMARTS) is 1. The van der Waals surface area contributed by atoms with Gasteiger partial charge in [-0.3, -0.25) is 9.59 Å². The SMILES string of the molecule is COC(=O)C(CSSCC(N)C(=O)O)NC(=O)CC(C)C. The first-order valence-electron chi connectivity index (χ1n) is 6.37. The standard InChI is InChI=1S/C12H22N2O5S2/c1-7(2)4-10(15)14-9(12(18)19-3)6-21-20-5-8(13)11(16)17/h7-9H,4-6,13H2,1-3H3,(H,14,15)(H,16,17). The van der Waals surface area contributed by atoms with Crippen molar-refractivity contribution in [1.29, 1.82) is 0 Å². The summed E-state index contributed by atoms with van der Waals surface area (Å²) in [5.74, 6) is -1.12. The predicted octanol–water partition coefficient (Wildman–Crippen LogP) is 0.484. The fourth-order valence-electron chi connectivity index (χ4n) is 1.24. The highest BCUT2D eigenvalue weighted by Crippen LogP contribution is 2.23. The maximum Gasteiger partial charge on any atom is 0.329 e. The van der Waals surface area contributed by atoms with Crippen LogP contribution in [0.5, 0.6) is 0 Å². The van der Waals surface area contributed by atoms with E-state index in [1.54, 1.807) is 0 Å². The van der Waals surface area contributed by atoms with Gasteiger partial charge in [-0.05, 0) is 5.92 Å². The van der Waals surface area contributed by atoms with E-state index in [-0.39, 0.29) is 23.3 Å². The van der Waals surface area contributed by atoms with Gasteiger partial charge in [-0.25, -0.2) is 4.79 Å². The van der Waals surface area contributed by atoms with E-state index in [0.29, 0.717) is 6.42 Å². The molecule has 9 heteroatoms. The van der Waals surface area contributed by atoms with Crippen LogP contribution in [0.2, 0.25) is 0 Å². The summed E-state index contributed by atoms with van der Waals surface area (Å²) in [4.78, 5) is 33.8. The molecule has 0 aromatic heterocycles. The quantitative estimate of drug-likeness (QED) is 0.299. The number of nitrogens with one attached hydrogen (secondary N) is 1. The second kappa shape index (κ2) is 10.7. The zero-order chi connectivity index (χ0) is 16.4. The van der Waals surface area contributed by atoms with E-state index < -0.39 is 24.0 Å². The van der Waals surface area contributed by atoms with Crippen molar-refractivity contribution < 1.29 is 24.2 Å². The zero-order valence-electron chi connectivity index (χ0n) is 12.3. The number of hydrogen-bond donors (Lipinski definition) is 3. The highest BCUT2D eigenvalue weighted by molar-refractivity contribution is 8.76. The number of hydrogen-bond acceptors (Lipinski definition) is 7. The van der Waals surface area contributed by atoms with Crippen LogP contribution in [-0.2, 0) is 19.1 Å². The van der Waals surface area contributed by atoms with Gasteiger partial charge in [0.1, 0.15) is 12.1 Å². The van der Waals surface area contributed by atoms with Gasteiger partial charge in [0.2, 0.25) is 5.91 Å². The Balaban J connectivity index is 4.22. The minimum absolute atomic E-state index is 0.193. The van der Waals surface area contributed by atoms with Crippen molar-refractivity contribution in [2.24, 2.45) is 11.7 Å².